The quantitative estimate of drug-likeness (QED) is 0.0262. The van der Waals surface area contributed by atoms with Gasteiger partial charge in [0.2, 0.25) is 0 Å². The van der Waals surface area contributed by atoms with Crippen LogP contribution in [-0.2, 0) is 28.6 Å². The first-order valence-corrected chi connectivity index (χ1v) is 27.2. The third kappa shape index (κ3) is 52.5. The Morgan fingerprint density at radius 1 is 0.324 bits per heavy atom. The number of hydrogen-bond acceptors (Lipinski definition) is 6. The van der Waals surface area contributed by atoms with E-state index in [-0.39, 0.29) is 31.6 Å². The fourth-order valence-corrected chi connectivity index (χ4v) is 6.93. The molecule has 0 aromatic heterocycles. The van der Waals surface area contributed by atoms with Crippen LogP contribution in [0.25, 0.3) is 0 Å². The fourth-order valence-electron chi connectivity index (χ4n) is 6.93. The molecule has 1 atom stereocenters. The third-order valence-electron chi connectivity index (χ3n) is 10.9. The van der Waals surface area contributed by atoms with Crippen LogP contribution in [0.15, 0.2) is 134 Å². The van der Waals surface area contributed by atoms with Crippen molar-refractivity contribution in [3.8, 4) is 0 Å². The van der Waals surface area contributed by atoms with Gasteiger partial charge in [0.05, 0.1) is 6.42 Å². The number of allylic oxidation sites excluding steroid dienone is 21. The largest absolute Gasteiger partial charge is 0.462 e. The van der Waals surface area contributed by atoms with Gasteiger partial charge in [-0.1, -0.05) is 238 Å². The molecule has 0 saturated heterocycles. The number of ether oxygens (including phenoxy) is 3. The Morgan fingerprint density at radius 3 is 0.971 bits per heavy atom. The number of carbonyl (C=O) groups is 3. The molecule has 0 aliphatic rings. The van der Waals surface area contributed by atoms with Gasteiger partial charge in [0.25, 0.3) is 0 Å². The predicted molar refractivity (Wildman–Crippen MR) is 292 cm³/mol. The molecule has 6 heteroatoms. The van der Waals surface area contributed by atoms with Gasteiger partial charge >= 0.3 is 17.9 Å². The molecule has 0 spiro atoms. The zero-order valence-corrected chi connectivity index (χ0v) is 43.6. The molecule has 0 bridgehead atoms. The van der Waals surface area contributed by atoms with Crippen molar-refractivity contribution < 1.29 is 28.6 Å². The first kappa shape index (κ1) is 63.5. The second-order valence-electron chi connectivity index (χ2n) is 17.4. The van der Waals surface area contributed by atoms with Crippen molar-refractivity contribution in [2.24, 2.45) is 0 Å². The Morgan fingerprint density at radius 2 is 0.618 bits per heavy atom. The molecule has 0 N–H and O–H groups in total. The van der Waals surface area contributed by atoms with Crippen molar-refractivity contribution in [1.82, 2.24) is 0 Å². The van der Waals surface area contributed by atoms with Crippen LogP contribution < -0.4 is 0 Å². The molecule has 0 amide bonds. The average molecular weight is 939 g/mol. The van der Waals surface area contributed by atoms with Crippen molar-refractivity contribution in [3.63, 3.8) is 0 Å². The lowest BCUT2D eigenvalue weighted by Gasteiger charge is -2.18. The minimum absolute atomic E-state index is 0.0909. The molecule has 0 heterocycles. The van der Waals surface area contributed by atoms with E-state index in [2.05, 4.69) is 142 Å². The number of esters is 3. The minimum atomic E-state index is -0.837. The van der Waals surface area contributed by atoms with Crippen LogP contribution in [0.4, 0.5) is 0 Å². The maximum Gasteiger partial charge on any atom is 0.310 e. The maximum absolute atomic E-state index is 12.7. The Bertz CT molecular complexity index is 1500. The van der Waals surface area contributed by atoms with Crippen molar-refractivity contribution in [2.45, 2.75) is 226 Å². The van der Waals surface area contributed by atoms with Gasteiger partial charge in [-0.15, -0.1) is 0 Å². The van der Waals surface area contributed by atoms with Crippen LogP contribution in [-0.4, -0.2) is 37.2 Å². The van der Waals surface area contributed by atoms with E-state index in [4.69, 9.17) is 14.2 Å². The molecule has 68 heavy (non-hydrogen) atoms. The molecule has 382 valence electrons. The van der Waals surface area contributed by atoms with Gasteiger partial charge in [-0.2, -0.15) is 0 Å². The molecular weight excluding hydrogens is 841 g/mol. The second kappa shape index (κ2) is 55.1. The molecule has 0 aromatic carbocycles. The first-order chi connectivity index (χ1) is 33.5. The highest BCUT2D eigenvalue weighted by molar-refractivity contribution is 5.72. The number of hydrogen-bond donors (Lipinski definition) is 0. The molecule has 0 radical (unpaired) electrons. The molecule has 0 aliphatic carbocycles. The maximum atomic E-state index is 12.7. The summed E-state index contributed by atoms with van der Waals surface area (Å²) in [5, 5.41) is 0. The third-order valence-corrected chi connectivity index (χ3v) is 10.9. The Labute approximate surface area is 417 Å². The van der Waals surface area contributed by atoms with Gasteiger partial charge in [0.15, 0.2) is 6.10 Å². The molecule has 6 nitrogen and oxygen atoms in total. The van der Waals surface area contributed by atoms with E-state index in [0.29, 0.717) is 19.3 Å². The van der Waals surface area contributed by atoms with Gasteiger partial charge in [-0.25, -0.2) is 0 Å². The summed E-state index contributed by atoms with van der Waals surface area (Å²) in [5.74, 6) is -1.07. The van der Waals surface area contributed by atoms with Gasteiger partial charge in [-0.05, 0) is 96.3 Å². The normalized spacial score (nSPS) is 13.2. The smallest absolute Gasteiger partial charge is 0.310 e. The summed E-state index contributed by atoms with van der Waals surface area (Å²) >= 11 is 0. The summed E-state index contributed by atoms with van der Waals surface area (Å²) in [7, 11) is 0. The number of carbonyl (C=O) groups excluding carboxylic acids is 3. The first-order valence-electron chi connectivity index (χ1n) is 27.2. The summed E-state index contributed by atoms with van der Waals surface area (Å²) in [6.07, 6.45) is 77.7. The van der Waals surface area contributed by atoms with E-state index in [1.165, 1.54) is 64.2 Å². The zero-order chi connectivity index (χ0) is 49.3. The molecule has 0 aliphatic heterocycles. The highest BCUT2D eigenvalue weighted by atomic mass is 16.6. The lowest BCUT2D eigenvalue weighted by molar-refractivity contribution is -0.166. The van der Waals surface area contributed by atoms with E-state index >= 15 is 0 Å². The van der Waals surface area contributed by atoms with Gasteiger partial charge in [0.1, 0.15) is 13.2 Å². The van der Waals surface area contributed by atoms with E-state index in [1.807, 2.05) is 6.08 Å². The summed E-state index contributed by atoms with van der Waals surface area (Å²) in [4.78, 5) is 37.8. The monoisotopic (exact) mass is 939 g/mol. The van der Waals surface area contributed by atoms with Crippen molar-refractivity contribution in [2.75, 3.05) is 13.2 Å². The Hall–Kier alpha value is -4.45. The van der Waals surface area contributed by atoms with Crippen LogP contribution in [0.2, 0.25) is 0 Å². The number of unbranched alkanes of at least 4 members (excludes halogenated alkanes) is 15. The van der Waals surface area contributed by atoms with E-state index in [9.17, 15) is 14.4 Å². The standard InChI is InChI=1S/C62H98O6/c1-4-7-10-13-16-19-21-23-25-26-27-28-29-30-31-32-33-34-35-36-38-39-41-43-46-49-52-55-61(64)67-58-59(57-66-60(63)54-51-48-45-18-15-12-9-6-3)68-62(65)56-53-50-47-44-42-40-37-24-22-20-17-14-11-8-5-2/h7-8,10-11,16-17,19-20,23-25,27-28,30-31,33-34,37,42,44,50,53,59H,4-6,9,12-15,18,21-22,26,29,32,35-36,38-41,43,45-49,51-52,54-58H2,1-3H3/b10-7-,11-8-,19-16-,20-17-,25-23-,28-27-,31-30-,34-33-,37-24-,44-42-,53-50-. The molecule has 0 saturated carbocycles. The predicted octanol–water partition coefficient (Wildman–Crippen LogP) is 18.3. The Kier molecular flexibility index (Phi) is 51.5. The highest BCUT2D eigenvalue weighted by Crippen LogP contribution is 2.13. The topological polar surface area (TPSA) is 78.9 Å². The van der Waals surface area contributed by atoms with E-state index in [0.717, 1.165) is 109 Å². The highest BCUT2D eigenvalue weighted by Gasteiger charge is 2.19. The average Bonchev–Trinajstić information content (AvgIpc) is 3.34. The Balaban J connectivity index is 4.33. The van der Waals surface area contributed by atoms with Crippen LogP contribution in [0.3, 0.4) is 0 Å². The SMILES string of the molecule is CC/C=C\C/C=C\C/C=C\C/C=C\C/C=C\C/C=C\CCCCCCCCCCC(=O)OCC(COC(=O)CCCCCCCCCC)OC(=O)C/C=C\C/C=C\C/C=C\C/C=C\C/C=C\CC. The van der Waals surface area contributed by atoms with Gasteiger partial charge in [-0.3, -0.25) is 14.4 Å². The van der Waals surface area contributed by atoms with Crippen LogP contribution >= 0.6 is 0 Å². The van der Waals surface area contributed by atoms with Gasteiger partial charge < -0.3 is 14.2 Å². The van der Waals surface area contributed by atoms with Crippen molar-refractivity contribution in [1.29, 1.82) is 0 Å². The van der Waals surface area contributed by atoms with Crippen LogP contribution in [0.5, 0.6) is 0 Å². The summed E-state index contributed by atoms with van der Waals surface area (Å²) < 4.78 is 16.6. The second-order valence-corrected chi connectivity index (χ2v) is 17.4. The van der Waals surface area contributed by atoms with E-state index in [1.54, 1.807) is 6.08 Å². The summed E-state index contributed by atoms with van der Waals surface area (Å²) in [6.45, 7) is 6.27. The summed E-state index contributed by atoms with van der Waals surface area (Å²) in [6, 6.07) is 0. The van der Waals surface area contributed by atoms with E-state index < -0.39 is 12.1 Å². The summed E-state index contributed by atoms with van der Waals surface area (Å²) in [5.41, 5.74) is 0. The minimum Gasteiger partial charge on any atom is -0.462 e. The van der Waals surface area contributed by atoms with Crippen molar-refractivity contribution >= 4 is 17.9 Å². The molecule has 0 aromatic rings. The van der Waals surface area contributed by atoms with Gasteiger partial charge in [0, 0.05) is 12.8 Å². The molecule has 0 fully saturated rings. The lowest BCUT2D eigenvalue weighted by atomic mass is 10.1. The molecular formula is C62H98O6. The molecule has 0 rings (SSSR count). The molecule has 1 unspecified atom stereocenters. The zero-order valence-electron chi connectivity index (χ0n) is 43.6. The fraction of sp³-hybridized carbons (Fsp3) is 0.597. The van der Waals surface area contributed by atoms with Crippen LogP contribution in [0.1, 0.15) is 220 Å². The number of rotatable bonds is 47. The van der Waals surface area contributed by atoms with Crippen LogP contribution in [0, 0.1) is 0 Å². The van der Waals surface area contributed by atoms with Crippen molar-refractivity contribution in [3.05, 3.63) is 134 Å². The lowest BCUT2D eigenvalue weighted by Crippen LogP contribution is -2.30.